The van der Waals surface area contributed by atoms with Crippen LogP contribution in [0.25, 0.3) is 0 Å². The van der Waals surface area contributed by atoms with Crippen LogP contribution in [-0.4, -0.2) is 30.2 Å². The lowest BCUT2D eigenvalue weighted by molar-refractivity contribution is -0.143. The van der Waals surface area contributed by atoms with Crippen molar-refractivity contribution < 1.29 is 14.3 Å². The molecule has 1 unspecified atom stereocenters. The molecule has 19 heavy (non-hydrogen) atoms. The zero-order chi connectivity index (χ0) is 14.3. The molecule has 0 bridgehead atoms. The molecule has 0 fully saturated rings. The number of aromatic nitrogens is 1. The Hall–Kier alpha value is -1.62. The number of hydrogen-bond donors (Lipinski definition) is 1. The number of methoxy groups -OCH3 is 1. The van der Waals surface area contributed by atoms with Crippen molar-refractivity contribution in [2.75, 3.05) is 7.11 Å². The third-order valence-electron chi connectivity index (χ3n) is 2.63. The van der Waals surface area contributed by atoms with E-state index in [2.05, 4.69) is 10.3 Å². The monoisotopic (exact) mass is 266 g/mol. The van der Waals surface area contributed by atoms with E-state index in [1.165, 1.54) is 7.11 Å². The van der Waals surface area contributed by atoms with Crippen molar-refractivity contribution in [3.63, 3.8) is 0 Å². The molecule has 1 atom stereocenters. The number of pyridine rings is 1. The normalized spacial score (nSPS) is 12.3. The first kappa shape index (κ1) is 15.4. The van der Waals surface area contributed by atoms with Crippen LogP contribution in [0.2, 0.25) is 0 Å². The van der Waals surface area contributed by atoms with Crippen LogP contribution in [0.3, 0.4) is 0 Å². The van der Waals surface area contributed by atoms with Gasteiger partial charge in [-0.25, -0.2) is 4.98 Å². The summed E-state index contributed by atoms with van der Waals surface area (Å²) in [5, 5.41) is 3.16. The van der Waals surface area contributed by atoms with Crippen LogP contribution in [-0.2, 0) is 16.1 Å². The number of nitrogens with one attached hydrogen (secondary N) is 1. The third kappa shape index (κ3) is 4.87. The van der Waals surface area contributed by atoms with Gasteiger partial charge in [0.1, 0.15) is 6.04 Å². The molecule has 1 heterocycles. The van der Waals surface area contributed by atoms with Crippen LogP contribution >= 0.6 is 0 Å². The molecule has 1 rings (SSSR count). The van der Waals surface area contributed by atoms with Crippen LogP contribution < -0.4 is 10.1 Å². The van der Waals surface area contributed by atoms with E-state index in [0.29, 0.717) is 18.8 Å². The van der Waals surface area contributed by atoms with Gasteiger partial charge in [0.15, 0.2) is 0 Å². The Morgan fingerprint density at radius 3 is 2.79 bits per heavy atom. The van der Waals surface area contributed by atoms with E-state index in [-0.39, 0.29) is 18.1 Å². The maximum absolute atomic E-state index is 11.5. The summed E-state index contributed by atoms with van der Waals surface area (Å²) in [6.07, 6.45) is 2.43. The minimum absolute atomic E-state index is 0.0660. The molecule has 1 aromatic heterocycles. The Morgan fingerprint density at radius 2 is 2.21 bits per heavy atom. The predicted octanol–water partition coefficient (Wildman–Crippen LogP) is 1.91. The zero-order valence-corrected chi connectivity index (χ0v) is 12.0. The van der Waals surface area contributed by atoms with Crippen LogP contribution in [0.15, 0.2) is 18.3 Å². The van der Waals surface area contributed by atoms with Gasteiger partial charge in [-0.1, -0.05) is 13.0 Å². The van der Waals surface area contributed by atoms with Gasteiger partial charge in [0.05, 0.1) is 13.2 Å². The Labute approximate surface area is 114 Å². The van der Waals surface area contributed by atoms with Gasteiger partial charge < -0.3 is 14.8 Å². The Kier molecular flexibility index (Phi) is 6.29. The molecule has 0 saturated heterocycles. The fraction of sp³-hybridized carbons (Fsp3) is 0.571. The fourth-order valence-corrected chi connectivity index (χ4v) is 1.66. The molecule has 0 aliphatic carbocycles. The van der Waals surface area contributed by atoms with Crippen LogP contribution in [0.5, 0.6) is 5.88 Å². The van der Waals surface area contributed by atoms with Gasteiger partial charge >= 0.3 is 5.97 Å². The van der Waals surface area contributed by atoms with Gasteiger partial charge in [0.2, 0.25) is 5.88 Å². The number of hydrogen-bond acceptors (Lipinski definition) is 5. The van der Waals surface area contributed by atoms with Crippen molar-refractivity contribution in [3.8, 4) is 5.88 Å². The molecule has 0 saturated carbocycles. The summed E-state index contributed by atoms with van der Waals surface area (Å²) in [6, 6.07) is 3.47. The van der Waals surface area contributed by atoms with Gasteiger partial charge in [0, 0.05) is 18.3 Å². The van der Waals surface area contributed by atoms with Gasteiger partial charge in [-0.2, -0.15) is 0 Å². The quantitative estimate of drug-likeness (QED) is 0.764. The molecule has 1 aromatic rings. The Balaban J connectivity index is 2.68. The summed E-state index contributed by atoms with van der Waals surface area (Å²) < 4.78 is 10.4. The third-order valence-corrected chi connectivity index (χ3v) is 2.63. The highest BCUT2D eigenvalue weighted by Gasteiger charge is 2.17. The number of nitrogens with zero attached hydrogens (tertiary/aromatic N) is 1. The molecular weight excluding hydrogens is 244 g/mol. The van der Waals surface area contributed by atoms with Crippen LogP contribution in [0, 0.1) is 0 Å². The van der Waals surface area contributed by atoms with Crippen molar-refractivity contribution in [2.45, 2.75) is 45.9 Å². The number of ether oxygens (including phenoxy) is 2. The van der Waals surface area contributed by atoms with Crippen LogP contribution in [0.4, 0.5) is 0 Å². The SMILES string of the molecule is CCC(NCc1cccnc1OC(C)C)C(=O)OC. The average molecular weight is 266 g/mol. The lowest BCUT2D eigenvalue weighted by Crippen LogP contribution is -2.36. The molecule has 106 valence electrons. The fourth-order valence-electron chi connectivity index (χ4n) is 1.66. The summed E-state index contributed by atoms with van der Waals surface area (Å²) >= 11 is 0. The second-order valence-electron chi connectivity index (χ2n) is 4.50. The Bertz CT molecular complexity index is 407. The molecule has 0 aromatic carbocycles. The summed E-state index contributed by atoms with van der Waals surface area (Å²) in [5.41, 5.74) is 0.929. The highest BCUT2D eigenvalue weighted by atomic mass is 16.5. The summed E-state index contributed by atoms with van der Waals surface area (Å²) in [5.74, 6) is 0.349. The van der Waals surface area contributed by atoms with Crippen molar-refractivity contribution >= 4 is 5.97 Å². The van der Waals surface area contributed by atoms with E-state index in [1.807, 2.05) is 32.9 Å². The first-order chi connectivity index (χ1) is 9.08. The molecule has 1 N–H and O–H groups in total. The molecule has 0 aliphatic heterocycles. The maximum Gasteiger partial charge on any atom is 0.322 e. The number of carbonyl (C=O) groups excluding carboxylic acids is 1. The van der Waals surface area contributed by atoms with Crippen molar-refractivity contribution in [3.05, 3.63) is 23.9 Å². The number of carbonyl (C=O) groups is 1. The smallest absolute Gasteiger partial charge is 0.322 e. The first-order valence-corrected chi connectivity index (χ1v) is 6.50. The standard InChI is InChI=1S/C14H22N2O3/c1-5-12(14(17)18-4)16-9-11-7-6-8-15-13(11)19-10(2)3/h6-8,10,12,16H,5,9H2,1-4H3. The molecule has 0 radical (unpaired) electrons. The highest BCUT2D eigenvalue weighted by molar-refractivity contribution is 5.75. The minimum atomic E-state index is -0.308. The Morgan fingerprint density at radius 1 is 1.47 bits per heavy atom. The molecule has 0 aliphatic rings. The van der Waals surface area contributed by atoms with E-state index in [0.717, 1.165) is 5.56 Å². The molecule has 0 amide bonds. The second kappa shape index (κ2) is 7.74. The van der Waals surface area contributed by atoms with Gasteiger partial charge in [-0.05, 0) is 26.3 Å². The molecular formula is C14H22N2O3. The molecule has 5 nitrogen and oxygen atoms in total. The highest BCUT2D eigenvalue weighted by Crippen LogP contribution is 2.16. The second-order valence-corrected chi connectivity index (χ2v) is 4.50. The maximum atomic E-state index is 11.5. The van der Waals surface area contributed by atoms with Crippen LogP contribution in [0.1, 0.15) is 32.8 Å². The summed E-state index contributed by atoms with van der Waals surface area (Å²) in [6.45, 7) is 6.36. The van der Waals surface area contributed by atoms with E-state index in [4.69, 9.17) is 9.47 Å². The number of esters is 1. The average Bonchev–Trinajstić information content (AvgIpc) is 2.40. The van der Waals surface area contributed by atoms with E-state index in [1.54, 1.807) is 6.20 Å². The van der Waals surface area contributed by atoms with Crippen molar-refractivity contribution in [1.82, 2.24) is 10.3 Å². The molecule has 5 heteroatoms. The predicted molar refractivity (Wildman–Crippen MR) is 72.9 cm³/mol. The van der Waals surface area contributed by atoms with Crippen molar-refractivity contribution in [2.24, 2.45) is 0 Å². The summed E-state index contributed by atoms with van der Waals surface area (Å²) in [7, 11) is 1.39. The van der Waals surface area contributed by atoms with E-state index in [9.17, 15) is 4.79 Å². The van der Waals surface area contributed by atoms with Gasteiger partial charge in [-0.3, -0.25) is 4.79 Å². The van der Waals surface area contributed by atoms with E-state index < -0.39 is 0 Å². The molecule has 0 spiro atoms. The van der Waals surface area contributed by atoms with Crippen molar-refractivity contribution in [1.29, 1.82) is 0 Å². The lowest BCUT2D eigenvalue weighted by Gasteiger charge is -2.16. The van der Waals surface area contributed by atoms with Gasteiger partial charge in [0.25, 0.3) is 0 Å². The summed E-state index contributed by atoms with van der Waals surface area (Å²) in [4.78, 5) is 15.7. The topological polar surface area (TPSA) is 60.5 Å². The number of rotatable bonds is 7. The zero-order valence-electron chi connectivity index (χ0n) is 12.0. The largest absolute Gasteiger partial charge is 0.475 e. The minimum Gasteiger partial charge on any atom is -0.475 e. The van der Waals surface area contributed by atoms with Gasteiger partial charge in [-0.15, -0.1) is 0 Å². The van der Waals surface area contributed by atoms with E-state index >= 15 is 0 Å². The first-order valence-electron chi connectivity index (χ1n) is 6.50. The lowest BCUT2D eigenvalue weighted by atomic mass is 10.2.